The lowest BCUT2D eigenvalue weighted by molar-refractivity contribution is -0.0882. The zero-order valence-corrected chi connectivity index (χ0v) is 21.2. The molecule has 192 valence electrons. The van der Waals surface area contributed by atoms with Crippen LogP contribution >= 0.6 is 22.7 Å². The van der Waals surface area contributed by atoms with Crippen molar-refractivity contribution in [1.82, 2.24) is 9.29 Å². The fourth-order valence-corrected chi connectivity index (χ4v) is 6.46. The molecule has 1 aliphatic heterocycles. The van der Waals surface area contributed by atoms with Crippen LogP contribution in [0.4, 0.5) is 18.3 Å². The van der Waals surface area contributed by atoms with Crippen molar-refractivity contribution in [3.8, 4) is 10.6 Å². The molecule has 1 fully saturated rings. The van der Waals surface area contributed by atoms with Crippen molar-refractivity contribution in [3.05, 3.63) is 52.2 Å². The van der Waals surface area contributed by atoms with Crippen molar-refractivity contribution in [2.45, 2.75) is 30.0 Å². The minimum atomic E-state index is -5.10. The molecule has 1 amide bonds. The van der Waals surface area contributed by atoms with Gasteiger partial charge in [-0.1, -0.05) is 17.4 Å². The summed E-state index contributed by atoms with van der Waals surface area (Å²) in [4.78, 5) is 28.3. The van der Waals surface area contributed by atoms with Crippen LogP contribution in [0.3, 0.4) is 0 Å². The lowest BCUT2D eigenvalue weighted by Gasteiger charge is -2.20. The molecule has 8 nitrogen and oxygen atoms in total. The second kappa shape index (κ2) is 10.4. The minimum Gasteiger partial charge on any atom is -0.377 e. The third kappa shape index (κ3) is 5.67. The average molecular weight is 560 g/mol. The first-order chi connectivity index (χ1) is 17.0. The Labute approximate surface area is 212 Å². The van der Waals surface area contributed by atoms with Crippen LogP contribution in [0.2, 0.25) is 0 Å². The molecule has 1 unspecified atom stereocenters. The van der Waals surface area contributed by atoms with Gasteiger partial charge in [0.1, 0.15) is 10.6 Å². The van der Waals surface area contributed by atoms with Gasteiger partial charge in [-0.3, -0.25) is 14.9 Å². The minimum absolute atomic E-state index is 0.0214. The van der Waals surface area contributed by atoms with Crippen LogP contribution in [0, 0.1) is 0 Å². The first-order valence-corrected chi connectivity index (χ1v) is 13.8. The number of carbonyl (C=O) groups excluding carboxylic acids is 2. The zero-order valence-electron chi connectivity index (χ0n) is 18.7. The van der Waals surface area contributed by atoms with Gasteiger partial charge in [0.2, 0.25) is 10.0 Å². The first-order valence-electron chi connectivity index (χ1n) is 10.6. The summed E-state index contributed by atoms with van der Waals surface area (Å²) in [5.74, 6) is -2.77. The number of anilines is 1. The number of hydrogen-bond acceptors (Lipinski definition) is 8. The van der Waals surface area contributed by atoms with Crippen LogP contribution in [-0.2, 0) is 14.8 Å². The van der Waals surface area contributed by atoms with Gasteiger partial charge in [0, 0.05) is 25.8 Å². The normalized spacial score (nSPS) is 16.4. The predicted octanol–water partition coefficient (Wildman–Crippen LogP) is 4.67. The number of nitrogens with one attached hydrogen (secondary N) is 1. The first kappa shape index (κ1) is 26.4. The van der Waals surface area contributed by atoms with Crippen LogP contribution in [0.1, 0.15) is 32.9 Å². The predicted molar refractivity (Wildman–Crippen MR) is 129 cm³/mol. The van der Waals surface area contributed by atoms with Crippen LogP contribution in [-0.4, -0.2) is 61.9 Å². The Kier molecular flexibility index (Phi) is 7.61. The van der Waals surface area contributed by atoms with Gasteiger partial charge in [-0.05, 0) is 48.6 Å². The number of ketones is 1. The van der Waals surface area contributed by atoms with Crippen molar-refractivity contribution >= 4 is 49.5 Å². The number of thiophene rings is 1. The van der Waals surface area contributed by atoms with E-state index in [0.717, 1.165) is 24.2 Å². The van der Waals surface area contributed by atoms with Gasteiger partial charge in [0.25, 0.3) is 11.7 Å². The summed E-state index contributed by atoms with van der Waals surface area (Å²) >= 11 is 1.53. The second-order valence-corrected chi connectivity index (χ2v) is 11.9. The molecule has 1 aliphatic rings. The highest BCUT2D eigenvalue weighted by Crippen LogP contribution is 2.37. The van der Waals surface area contributed by atoms with Gasteiger partial charge in [-0.2, -0.15) is 17.5 Å². The van der Waals surface area contributed by atoms with E-state index in [1.165, 1.54) is 41.7 Å². The Morgan fingerprint density at radius 2 is 1.94 bits per heavy atom. The lowest BCUT2D eigenvalue weighted by atomic mass is 10.2. The number of benzene rings is 1. The van der Waals surface area contributed by atoms with E-state index in [-0.39, 0.29) is 33.9 Å². The summed E-state index contributed by atoms with van der Waals surface area (Å²) in [7, 11) is -2.36. The summed E-state index contributed by atoms with van der Waals surface area (Å²) in [6, 6.07) is 8.25. The van der Waals surface area contributed by atoms with Gasteiger partial charge in [-0.15, -0.1) is 11.3 Å². The largest absolute Gasteiger partial charge is 0.455 e. The van der Waals surface area contributed by atoms with E-state index < -0.39 is 32.8 Å². The molecular formula is C22H20F3N3O5S3. The molecule has 3 heterocycles. The molecule has 2 aromatic heterocycles. The van der Waals surface area contributed by atoms with Crippen LogP contribution < -0.4 is 5.32 Å². The maximum absolute atomic E-state index is 13.1. The van der Waals surface area contributed by atoms with E-state index in [1.54, 1.807) is 11.4 Å². The third-order valence-electron chi connectivity index (χ3n) is 5.38. The maximum Gasteiger partial charge on any atom is 0.455 e. The smallest absolute Gasteiger partial charge is 0.377 e. The van der Waals surface area contributed by atoms with Crippen molar-refractivity contribution in [2.75, 3.05) is 25.5 Å². The number of Topliss-reactive ketones (excluding diaryl/α,β-unsaturated/α-hetero) is 1. The molecule has 0 bridgehead atoms. The summed E-state index contributed by atoms with van der Waals surface area (Å²) in [5.41, 5.74) is -0.101. The summed E-state index contributed by atoms with van der Waals surface area (Å²) < 4.78 is 71.6. The molecule has 0 saturated carbocycles. The Balaban J connectivity index is 1.51. The number of amides is 1. The van der Waals surface area contributed by atoms with Crippen molar-refractivity contribution in [1.29, 1.82) is 0 Å². The molecule has 0 radical (unpaired) electrons. The number of thiazole rings is 1. The monoisotopic (exact) mass is 559 g/mol. The van der Waals surface area contributed by atoms with Gasteiger partial charge in [0.15, 0.2) is 5.13 Å². The number of hydrogen-bond donors (Lipinski definition) is 1. The molecule has 36 heavy (non-hydrogen) atoms. The third-order valence-corrected chi connectivity index (χ3v) is 9.06. The number of ether oxygens (including phenoxy) is 1. The Bertz CT molecular complexity index is 1350. The summed E-state index contributed by atoms with van der Waals surface area (Å²) in [5, 5.41) is 3.83. The fourth-order valence-electron chi connectivity index (χ4n) is 3.54. The standard InChI is InChI=1S/C22H20F3N3O5S3/c1-28(12-14-4-2-10-33-14)36(31,32)15-8-6-13(7-9-15)20(30)27-21-26-17(16-5-3-11-34-16)18(35-21)19(29)22(23,24)25/h3,5-9,11,14H,2,4,10,12H2,1H3,(H,26,27,30). The average Bonchev–Trinajstić information content (AvgIpc) is 3.60. The molecule has 0 spiro atoms. The molecular weight excluding hydrogens is 539 g/mol. The van der Waals surface area contributed by atoms with Crippen molar-refractivity contribution in [2.24, 2.45) is 0 Å². The number of likely N-dealkylation sites (N-methyl/N-ethyl adjacent to an activating group) is 1. The number of aromatic nitrogens is 1. The molecule has 1 N–H and O–H groups in total. The highest BCUT2D eigenvalue weighted by Gasteiger charge is 2.42. The SMILES string of the molecule is CN(CC1CCCO1)S(=O)(=O)c1ccc(C(=O)Nc2nc(-c3cccs3)c(C(=O)C(F)(F)F)s2)cc1. The molecule has 1 aromatic carbocycles. The van der Waals surface area contributed by atoms with E-state index in [4.69, 9.17) is 4.74 Å². The van der Waals surface area contributed by atoms with E-state index >= 15 is 0 Å². The number of rotatable bonds is 8. The zero-order chi connectivity index (χ0) is 26.1. The van der Waals surface area contributed by atoms with Crippen LogP contribution in [0.5, 0.6) is 0 Å². The van der Waals surface area contributed by atoms with Gasteiger partial charge < -0.3 is 4.74 Å². The van der Waals surface area contributed by atoms with E-state index in [2.05, 4.69) is 10.3 Å². The highest BCUT2D eigenvalue weighted by molar-refractivity contribution is 7.89. The maximum atomic E-state index is 13.1. The number of halogens is 3. The Hall–Kier alpha value is -2.65. The summed E-state index contributed by atoms with van der Waals surface area (Å²) in [6.45, 7) is 0.808. The fraction of sp³-hybridized carbons (Fsp3) is 0.318. The van der Waals surface area contributed by atoms with E-state index in [9.17, 15) is 31.2 Å². The number of carbonyl (C=O) groups is 2. The van der Waals surface area contributed by atoms with Crippen LogP contribution in [0.25, 0.3) is 10.6 Å². The van der Waals surface area contributed by atoms with Crippen molar-refractivity contribution < 1.29 is 35.9 Å². The van der Waals surface area contributed by atoms with Crippen molar-refractivity contribution in [3.63, 3.8) is 0 Å². The Morgan fingerprint density at radius 1 is 1.22 bits per heavy atom. The number of sulfonamides is 1. The second-order valence-electron chi connectivity index (χ2n) is 7.90. The molecule has 3 aromatic rings. The topological polar surface area (TPSA) is 106 Å². The van der Waals surface area contributed by atoms with Gasteiger partial charge in [0.05, 0.1) is 15.9 Å². The molecule has 1 atom stereocenters. The van der Waals surface area contributed by atoms with E-state index in [0.29, 0.717) is 22.8 Å². The highest BCUT2D eigenvalue weighted by atomic mass is 32.2. The van der Waals surface area contributed by atoms with Gasteiger partial charge in [-0.25, -0.2) is 13.4 Å². The molecule has 4 rings (SSSR count). The lowest BCUT2D eigenvalue weighted by Crippen LogP contribution is -2.34. The Morgan fingerprint density at radius 3 is 2.53 bits per heavy atom. The molecule has 14 heteroatoms. The summed E-state index contributed by atoms with van der Waals surface area (Å²) in [6.07, 6.45) is -3.61. The van der Waals surface area contributed by atoms with E-state index in [1.807, 2.05) is 0 Å². The number of nitrogens with zero attached hydrogens (tertiary/aromatic N) is 2. The molecule has 0 aliphatic carbocycles. The van der Waals surface area contributed by atoms with Crippen LogP contribution in [0.15, 0.2) is 46.7 Å². The molecule has 1 saturated heterocycles. The quantitative estimate of drug-likeness (QED) is 0.402. The van der Waals surface area contributed by atoms with Gasteiger partial charge >= 0.3 is 6.18 Å². The number of alkyl halides is 3.